The van der Waals surface area contributed by atoms with E-state index in [1.807, 2.05) is 0 Å². The topological polar surface area (TPSA) is 65.7 Å². The zero-order valence-electron chi connectivity index (χ0n) is 19.1. The lowest BCUT2D eigenvalue weighted by Crippen LogP contribution is -2.48. The van der Waals surface area contributed by atoms with E-state index < -0.39 is 0 Å². The molecule has 2 aromatic carbocycles. The second-order valence-electron chi connectivity index (χ2n) is 8.34. The molecule has 4 rings (SSSR count). The average Bonchev–Trinajstić information content (AvgIpc) is 3.30. The summed E-state index contributed by atoms with van der Waals surface area (Å²) in [4.78, 5) is 11.8. The largest absolute Gasteiger partial charge is 0.444 e. The molecule has 1 aliphatic rings. The van der Waals surface area contributed by atoms with Crippen LogP contribution in [0.4, 0.5) is 4.39 Å². The van der Waals surface area contributed by atoms with Crippen LogP contribution in [0.3, 0.4) is 0 Å². The van der Waals surface area contributed by atoms with Crippen molar-refractivity contribution in [2.75, 3.05) is 26.2 Å². The smallest absolute Gasteiger partial charge is 0.226 e. The molecule has 33 heavy (non-hydrogen) atoms. The van der Waals surface area contributed by atoms with Gasteiger partial charge in [0.2, 0.25) is 5.89 Å². The Morgan fingerprint density at radius 2 is 1.88 bits per heavy atom. The van der Waals surface area contributed by atoms with Gasteiger partial charge in [0, 0.05) is 50.7 Å². The molecule has 2 N–H and O–H groups in total. The first-order valence-electron chi connectivity index (χ1n) is 11.7. The Hall–Kier alpha value is -3.19. The van der Waals surface area contributed by atoms with Crippen molar-refractivity contribution in [3.05, 3.63) is 77.9 Å². The molecule has 0 spiro atoms. The molecule has 0 radical (unpaired) electrons. The summed E-state index contributed by atoms with van der Waals surface area (Å²) in [6.07, 6.45) is 4.52. The Kier molecular flexibility index (Phi) is 8.09. The maximum absolute atomic E-state index is 13.1. The Balaban J connectivity index is 1.25. The highest BCUT2D eigenvalue weighted by atomic mass is 19.1. The van der Waals surface area contributed by atoms with Gasteiger partial charge in [0.05, 0.1) is 5.69 Å². The highest BCUT2D eigenvalue weighted by molar-refractivity contribution is 5.80. The molecule has 1 saturated heterocycles. The lowest BCUT2D eigenvalue weighted by atomic mass is 10.0. The molecular formula is C26H32FN5O. The number of nitrogens with zero attached hydrogens (tertiary/aromatic N) is 3. The molecule has 1 fully saturated rings. The van der Waals surface area contributed by atoms with Crippen molar-refractivity contribution in [1.29, 1.82) is 0 Å². The molecule has 1 aromatic heterocycles. The lowest BCUT2D eigenvalue weighted by molar-refractivity contribution is 0.198. The number of benzene rings is 2. The van der Waals surface area contributed by atoms with E-state index in [0.717, 1.165) is 56.2 Å². The maximum Gasteiger partial charge on any atom is 0.226 e. The van der Waals surface area contributed by atoms with Crippen LogP contribution in [0.15, 0.2) is 70.3 Å². The van der Waals surface area contributed by atoms with Crippen LogP contribution in [0.5, 0.6) is 0 Å². The van der Waals surface area contributed by atoms with Gasteiger partial charge in [0.25, 0.3) is 0 Å². The van der Waals surface area contributed by atoms with E-state index in [1.54, 1.807) is 18.4 Å². The summed E-state index contributed by atoms with van der Waals surface area (Å²) < 4.78 is 18.7. The van der Waals surface area contributed by atoms with E-state index in [0.29, 0.717) is 24.9 Å². The van der Waals surface area contributed by atoms with Crippen LogP contribution in [-0.2, 0) is 13.0 Å². The summed E-state index contributed by atoms with van der Waals surface area (Å²) in [6, 6.07) is 17.2. The summed E-state index contributed by atoms with van der Waals surface area (Å²) in [5.41, 5.74) is 2.97. The number of piperidine rings is 1. The molecular weight excluding hydrogens is 417 g/mol. The minimum atomic E-state index is -0.273. The molecule has 0 amide bonds. The van der Waals surface area contributed by atoms with E-state index in [9.17, 15) is 4.39 Å². The predicted molar refractivity (Wildman–Crippen MR) is 129 cm³/mol. The summed E-state index contributed by atoms with van der Waals surface area (Å²) in [6.45, 7) is 6.68. The monoisotopic (exact) mass is 449 g/mol. The molecule has 7 heteroatoms. The average molecular weight is 450 g/mol. The van der Waals surface area contributed by atoms with Gasteiger partial charge >= 0.3 is 0 Å². The van der Waals surface area contributed by atoms with Crippen LogP contribution in [0.2, 0.25) is 0 Å². The molecule has 6 nitrogen and oxygen atoms in total. The number of guanidine groups is 1. The molecule has 0 unspecified atom stereocenters. The van der Waals surface area contributed by atoms with Crippen LogP contribution in [0.1, 0.15) is 31.0 Å². The van der Waals surface area contributed by atoms with Crippen molar-refractivity contribution in [3.63, 3.8) is 0 Å². The molecule has 0 saturated carbocycles. The normalized spacial score (nSPS) is 15.5. The van der Waals surface area contributed by atoms with Crippen molar-refractivity contribution in [1.82, 2.24) is 20.5 Å². The number of oxazole rings is 1. The van der Waals surface area contributed by atoms with E-state index in [4.69, 9.17) is 9.41 Å². The van der Waals surface area contributed by atoms with E-state index in [1.165, 1.54) is 17.7 Å². The van der Waals surface area contributed by atoms with Gasteiger partial charge < -0.3 is 15.1 Å². The van der Waals surface area contributed by atoms with E-state index in [-0.39, 0.29) is 5.82 Å². The lowest BCUT2D eigenvalue weighted by Gasteiger charge is -2.33. The third-order valence-corrected chi connectivity index (χ3v) is 5.80. The zero-order chi connectivity index (χ0) is 22.9. The summed E-state index contributed by atoms with van der Waals surface area (Å²) in [5, 5.41) is 6.95. The number of hydrogen-bond acceptors (Lipinski definition) is 4. The van der Waals surface area contributed by atoms with Gasteiger partial charge in [-0.05, 0) is 49.6 Å². The minimum absolute atomic E-state index is 0.273. The van der Waals surface area contributed by atoms with Gasteiger partial charge in [-0.25, -0.2) is 9.37 Å². The van der Waals surface area contributed by atoms with E-state index >= 15 is 0 Å². The fraction of sp³-hybridized carbons (Fsp3) is 0.385. The van der Waals surface area contributed by atoms with Crippen LogP contribution in [0, 0.1) is 5.82 Å². The SMILES string of the molecule is CCNC(=NCCc1coc(-c2ccc(F)cc2)n1)NC1CCN(Cc2ccccc2)CC1. The first-order chi connectivity index (χ1) is 16.2. The minimum Gasteiger partial charge on any atom is -0.444 e. The second kappa shape index (κ2) is 11.6. The van der Waals surface area contributed by atoms with Gasteiger partial charge in [0.15, 0.2) is 5.96 Å². The van der Waals surface area contributed by atoms with Gasteiger partial charge in [-0.3, -0.25) is 9.89 Å². The van der Waals surface area contributed by atoms with Gasteiger partial charge in [-0.1, -0.05) is 30.3 Å². The molecule has 174 valence electrons. The highest BCUT2D eigenvalue weighted by Gasteiger charge is 2.20. The van der Waals surface area contributed by atoms with Crippen molar-refractivity contribution in [2.24, 2.45) is 4.99 Å². The van der Waals surface area contributed by atoms with Crippen LogP contribution < -0.4 is 10.6 Å². The number of aliphatic imine (C=N–C) groups is 1. The molecule has 0 aliphatic carbocycles. The number of likely N-dealkylation sites (tertiary alicyclic amines) is 1. The van der Waals surface area contributed by atoms with Crippen LogP contribution >= 0.6 is 0 Å². The Morgan fingerprint density at radius 3 is 2.61 bits per heavy atom. The third-order valence-electron chi connectivity index (χ3n) is 5.80. The first kappa shape index (κ1) is 23.0. The molecule has 0 atom stereocenters. The van der Waals surface area contributed by atoms with Crippen LogP contribution in [0.25, 0.3) is 11.5 Å². The Bertz CT molecular complexity index is 1010. The molecule has 0 bridgehead atoms. The van der Waals surface area contributed by atoms with Crippen molar-refractivity contribution in [2.45, 2.75) is 38.8 Å². The second-order valence-corrected chi connectivity index (χ2v) is 8.34. The summed E-state index contributed by atoms with van der Waals surface area (Å²) >= 11 is 0. The first-order valence-corrected chi connectivity index (χ1v) is 11.7. The number of nitrogens with one attached hydrogen (secondary N) is 2. The maximum atomic E-state index is 13.1. The fourth-order valence-electron chi connectivity index (χ4n) is 4.02. The summed E-state index contributed by atoms with van der Waals surface area (Å²) in [5.74, 6) is 1.08. The van der Waals surface area contributed by atoms with E-state index in [2.05, 4.69) is 57.8 Å². The Morgan fingerprint density at radius 1 is 1.12 bits per heavy atom. The van der Waals surface area contributed by atoms with Crippen molar-refractivity contribution in [3.8, 4) is 11.5 Å². The van der Waals surface area contributed by atoms with Crippen LogP contribution in [-0.4, -0.2) is 48.1 Å². The summed E-state index contributed by atoms with van der Waals surface area (Å²) in [7, 11) is 0. The number of rotatable bonds is 8. The highest BCUT2D eigenvalue weighted by Crippen LogP contribution is 2.19. The Labute approximate surface area is 194 Å². The number of aromatic nitrogens is 1. The predicted octanol–water partition coefficient (Wildman–Crippen LogP) is 4.24. The number of hydrogen-bond donors (Lipinski definition) is 2. The molecule has 1 aliphatic heterocycles. The van der Waals surface area contributed by atoms with Crippen molar-refractivity contribution >= 4 is 5.96 Å². The fourth-order valence-corrected chi connectivity index (χ4v) is 4.02. The van der Waals surface area contributed by atoms with Gasteiger partial charge in [-0.2, -0.15) is 0 Å². The standard InChI is InChI=1S/C26H32FN5O/c1-2-28-26(31-23-13-16-32(17-14-23)18-20-6-4-3-5-7-20)29-15-12-24-19-33-25(30-24)21-8-10-22(27)11-9-21/h3-11,19,23H,2,12-18H2,1H3,(H2,28,29,31). The molecule has 2 heterocycles. The van der Waals surface area contributed by atoms with Crippen molar-refractivity contribution < 1.29 is 8.81 Å². The quantitative estimate of drug-likeness (QED) is 0.398. The third kappa shape index (κ3) is 6.89. The van der Waals surface area contributed by atoms with Gasteiger partial charge in [0.1, 0.15) is 12.1 Å². The van der Waals surface area contributed by atoms with Gasteiger partial charge in [-0.15, -0.1) is 0 Å². The zero-order valence-corrected chi connectivity index (χ0v) is 19.1. The molecule has 3 aromatic rings. The number of halogens is 1.